The molecule has 0 bridgehead atoms. The molecule has 1 aliphatic rings. The van der Waals surface area contributed by atoms with Crippen molar-refractivity contribution in [3.63, 3.8) is 0 Å². The van der Waals surface area contributed by atoms with Gasteiger partial charge in [-0.3, -0.25) is 4.99 Å². The van der Waals surface area contributed by atoms with Crippen LogP contribution in [-0.4, -0.2) is 51.7 Å². The highest BCUT2D eigenvalue weighted by Gasteiger charge is 2.15. The number of hydrogen-bond donors (Lipinski definition) is 2. The van der Waals surface area contributed by atoms with Gasteiger partial charge in [0.25, 0.3) is 0 Å². The molecule has 1 aromatic rings. The summed E-state index contributed by atoms with van der Waals surface area (Å²) in [5.74, 6) is 0.822. The molecular weight excluding hydrogens is 310 g/mol. The average Bonchev–Trinajstić information content (AvgIpc) is 3.11. The maximum atomic E-state index is 5.74. The third-order valence-electron chi connectivity index (χ3n) is 3.70. The molecule has 0 radical (unpaired) electrons. The Balaban J connectivity index is 1.58. The Labute approximate surface area is 143 Å². The van der Waals surface area contributed by atoms with Crippen LogP contribution >= 0.6 is 11.8 Å². The van der Waals surface area contributed by atoms with E-state index in [1.54, 1.807) is 18.8 Å². The number of thioether (sulfide) groups is 1. The van der Waals surface area contributed by atoms with Gasteiger partial charge in [-0.15, -0.1) is 11.8 Å². The van der Waals surface area contributed by atoms with Crippen LogP contribution in [0.2, 0.25) is 0 Å². The summed E-state index contributed by atoms with van der Waals surface area (Å²) in [5.41, 5.74) is 1.25. The second-order valence-corrected chi connectivity index (χ2v) is 6.29. The van der Waals surface area contributed by atoms with Crippen molar-refractivity contribution in [1.29, 1.82) is 0 Å². The summed E-state index contributed by atoms with van der Waals surface area (Å²) in [7, 11) is 1.79. The highest BCUT2D eigenvalue weighted by Crippen LogP contribution is 2.14. The van der Waals surface area contributed by atoms with Gasteiger partial charge in [0.2, 0.25) is 0 Å². The average molecular weight is 337 g/mol. The largest absolute Gasteiger partial charge is 0.379 e. The van der Waals surface area contributed by atoms with Gasteiger partial charge in [0.15, 0.2) is 5.96 Å². The second-order valence-electron chi connectivity index (χ2n) is 5.41. The number of ether oxygens (including phenoxy) is 2. The van der Waals surface area contributed by atoms with Crippen LogP contribution < -0.4 is 10.6 Å². The van der Waals surface area contributed by atoms with Crippen LogP contribution in [0.25, 0.3) is 0 Å². The van der Waals surface area contributed by atoms with Crippen LogP contribution in [-0.2, 0) is 16.0 Å². The lowest BCUT2D eigenvalue weighted by Crippen LogP contribution is -2.37. The fraction of sp³-hybridized carbons (Fsp3) is 0.588. The fourth-order valence-electron chi connectivity index (χ4n) is 2.32. The molecule has 2 N–H and O–H groups in total. The van der Waals surface area contributed by atoms with Gasteiger partial charge in [-0.2, -0.15) is 0 Å². The van der Waals surface area contributed by atoms with E-state index in [0.29, 0.717) is 0 Å². The second kappa shape index (κ2) is 10.5. The first kappa shape index (κ1) is 18.1. The summed E-state index contributed by atoms with van der Waals surface area (Å²) >= 11 is 1.75. The smallest absolute Gasteiger partial charge is 0.191 e. The molecule has 6 heteroatoms. The summed E-state index contributed by atoms with van der Waals surface area (Å²) in [6.45, 7) is 3.94. The Bertz CT molecular complexity index is 473. The van der Waals surface area contributed by atoms with Gasteiger partial charge < -0.3 is 20.1 Å². The lowest BCUT2D eigenvalue weighted by molar-refractivity contribution is 0.0420. The van der Waals surface area contributed by atoms with Crippen LogP contribution in [0.3, 0.4) is 0 Å². The number of benzene rings is 1. The van der Waals surface area contributed by atoms with Crippen molar-refractivity contribution in [3.8, 4) is 0 Å². The molecule has 0 aliphatic carbocycles. The Morgan fingerprint density at radius 3 is 2.83 bits per heavy atom. The first-order valence-corrected chi connectivity index (χ1v) is 9.31. The van der Waals surface area contributed by atoms with Gasteiger partial charge in [-0.1, -0.05) is 12.1 Å². The number of hydrogen-bond acceptors (Lipinski definition) is 4. The lowest BCUT2D eigenvalue weighted by Gasteiger charge is -2.13. The molecule has 1 unspecified atom stereocenters. The summed E-state index contributed by atoms with van der Waals surface area (Å²) < 4.78 is 11.0. The van der Waals surface area contributed by atoms with Gasteiger partial charge >= 0.3 is 0 Å². The topological polar surface area (TPSA) is 54.9 Å². The number of nitrogens with one attached hydrogen (secondary N) is 2. The molecule has 1 aliphatic heterocycles. The summed E-state index contributed by atoms with van der Waals surface area (Å²) in [6.07, 6.45) is 4.35. The number of guanidine groups is 1. The zero-order valence-corrected chi connectivity index (χ0v) is 14.8. The predicted octanol–water partition coefficient (Wildman–Crippen LogP) is 2.27. The number of nitrogens with zero attached hydrogens (tertiary/aromatic N) is 1. The van der Waals surface area contributed by atoms with Crippen molar-refractivity contribution in [3.05, 3.63) is 29.8 Å². The minimum absolute atomic E-state index is 0.289. The van der Waals surface area contributed by atoms with Crippen molar-refractivity contribution < 1.29 is 9.47 Å². The van der Waals surface area contributed by atoms with Crippen molar-refractivity contribution >= 4 is 17.7 Å². The molecule has 1 atom stereocenters. The van der Waals surface area contributed by atoms with Crippen molar-refractivity contribution in [2.75, 3.05) is 39.7 Å². The molecule has 128 valence electrons. The van der Waals surface area contributed by atoms with E-state index in [1.807, 2.05) is 0 Å². The van der Waals surface area contributed by atoms with Crippen LogP contribution in [0.4, 0.5) is 0 Å². The number of rotatable bonds is 8. The van der Waals surface area contributed by atoms with Crippen LogP contribution in [0.15, 0.2) is 34.2 Å². The van der Waals surface area contributed by atoms with Gasteiger partial charge in [-0.05, 0) is 36.8 Å². The van der Waals surface area contributed by atoms with E-state index in [9.17, 15) is 0 Å². The van der Waals surface area contributed by atoms with E-state index < -0.39 is 0 Å². The highest BCUT2D eigenvalue weighted by atomic mass is 32.2. The van der Waals surface area contributed by atoms with E-state index >= 15 is 0 Å². The highest BCUT2D eigenvalue weighted by molar-refractivity contribution is 7.98. The molecular formula is C17H27N3O2S. The summed E-state index contributed by atoms with van der Waals surface area (Å²) in [5, 5.41) is 6.64. The molecule has 1 heterocycles. The maximum Gasteiger partial charge on any atom is 0.191 e. The third kappa shape index (κ3) is 6.81. The molecule has 0 spiro atoms. The van der Waals surface area contributed by atoms with E-state index in [1.165, 1.54) is 10.5 Å². The molecule has 2 rings (SSSR count). The molecule has 0 aromatic heterocycles. The molecule has 23 heavy (non-hydrogen) atoms. The Morgan fingerprint density at radius 2 is 2.17 bits per heavy atom. The van der Waals surface area contributed by atoms with Crippen LogP contribution in [0.5, 0.6) is 0 Å². The Hall–Kier alpha value is -1.24. The first-order valence-electron chi connectivity index (χ1n) is 8.08. The van der Waals surface area contributed by atoms with E-state index in [-0.39, 0.29) is 6.10 Å². The van der Waals surface area contributed by atoms with Crippen LogP contribution in [0.1, 0.15) is 18.4 Å². The molecule has 0 saturated carbocycles. The van der Waals surface area contributed by atoms with Crippen molar-refractivity contribution in [1.82, 2.24) is 10.6 Å². The van der Waals surface area contributed by atoms with Gasteiger partial charge in [0.05, 0.1) is 12.7 Å². The fourth-order valence-corrected chi connectivity index (χ4v) is 2.73. The van der Waals surface area contributed by atoms with E-state index in [0.717, 1.165) is 51.7 Å². The minimum Gasteiger partial charge on any atom is -0.379 e. The van der Waals surface area contributed by atoms with Crippen molar-refractivity contribution in [2.24, 2.45) is 4.99 Å². The zero-order chi connectivity index (χ0) is 16.3. The van der Waals surface area contributed by atoms with E-state index in [4.69, 9.17) is 9.47 Å². The van der Waals surface area contributed by atoms with E-state index in [2.05, 4.69) is 46.1 Å². The molecule has 1 saturated heterocycles. The molecule has 5 nitrogen and oxygen atoms in total. The summed E-state index contributed by atoms with van der Waals surface area (Å²) in [6, 6.07) is 8.57. The predicted molar refractivity (Wildman–Crippen MR) is 96.2 cm³/mol. The van der Waals surface area contributed by atoms with Crippen LogP contribution in [0, 0.1) is 0 Å². The monoisotopic (exact) mass is 337 g/mol. The zero-order valence-electron chi connectivity index (χ0n) is 14.0. The molecule has 0 amide bonds. The van der Waals surface area contributed by atoms with Gasteiger partial charge in [0.1, 0.15) is 0 Å². The van der Waals surface area contributed by atoms with Gasteiger partial charge in [0, 0.05) is 38.2 Å². The third-order valence-corrected chi connectivity index (χ3v) is 4.44. The Morgan fingerprint density at radius 1 is 1.35 bits per heavy atom. The lowest BCUT2D eigenvalue weighted by atomic mass is 10.2. The minimum atomic E-state index is 0.289. The SMILES string of the molecule is CN=C(NCCCOC1CCOC1)NCc1ccc(SC)cc1. The maximum absolute atomic E-state index is 5.74. The normalized spacial score (nSPS) is 18.2. The molecule has 1 fully saturated rings. The molecule has 1 aromatic carbocycles. The summed E-state index contributed by atoms with van der Waals surface area (Å²) in [4.78, 5) is 5.52. The standard InChI is InChI=1S/C17H27N3O2S/c1-18-17(19-9-3-10-22-15-8-11-21-13-15)20-12-14-4-6-16(23-2)7-5-14/h4-7,15H,3,8-13H2,1-2H3,(H2,18,19,20). The van der Waals surface area contributed by atoms with Crippen molar-refractivity contribution in [2.45, 2.75) is 30.4 Å². The Kier molecular flexibility index (Phi) is 8.28. The first-order chi connectivity index (χ1) is 11.3. The quantitative estimate of drug-likeness (QED) is 0.330. The number of aliphatic imine (C=N–C) groups is 1. The van der Waals surface area contributed by atoms with Gasteiger partial charge in [-0.25, -0.2) is 0 Å².